The monoisotopic (exact) mass is 364 g/mol. The highest BCUT2D eigenvalue weighted by Crippen LogP contribution is 2.41. The quantitative estimate of drug-likeness (QED) is 0.332. The Kier molecular flexibility index (Phi) is 3.80. The summed E-state index contributed by atoms with van der Waals surface area (Å²) in [6.45, 7) is 0. The van der Waals surface area contributed by atoms with E-state index in [0.29, 0.717) is 16.1 Å². The minimum absolute atomic E-state index is 0.589. The lowest BCUT2D eigenvalue weighted by molar-refractivity contribution is 0.672. The van der Waals surface area contributed by atoms with Gasteiger partial charge in [0.2, 0.25) is 0 Å². The van der Waals surface area contributed by atoms with Crippen LogP contribution in [0.2, 0.25) is 5.02 Å². The smallest absolute Gasteiger partial charge is 0.143 e. The predicted octanol–water partition coefficient (Wildman–Crippen LogP) is 6.37. The highest BCUT2D eigenvalue weighted by Gasteiger charge is 2.17. The van der Waals surface area contributed by atoms with Crippen LogP contribution in [0.15, 0.2) is 89.3 Å². The average molecular weight is 365 g/mol. The zero-order valence-corrected chi connectivity index (χ0v) is 15.2. The summed E-state index contributed by atoms with van der Waals surface area (Å²) in [6, 6.07) is 28.5. The van der Waals surface area contributed by atoms with Gasteiger partial charge in [0.1, 0.15) is 19.0 Å². The van der Waals surface area contributed by atoms with Crippen molar-refractivity contribution >= 4 is 46.8 Å². The molecule has 0 aliphatic heterocycles. The fraction of sp³-hybridized carbons (Fsp3) is 0. The Morgan fingerprint density at radius 2 is 1.33 bits per heavy atom. The highest BCUT2D eigenvalue weighted by molar-refractivity contribution is 6.44. The van der Waals surface area contributed by atoms with Gasteiger partial charge in [-0.15, -0.1) is 0 Å². The molecular weight excluding hydrogens is 351 g/mol. The first-order valence-corrected chi connectivity index (χ1v) is 9.15. The van der Waals surface area contributed by atoms with Gasteiger partial charge in [0.25, 0.3) is 0 Å². The number of hydrogen-bond acceptors (Lipinski definition) is 1. The topological polar surface area (TPSA) is 13.1 Å². The summed E-state index contributed by atoms with van der Waals surface area (Å²) in [5.74, 6) is 0. The first kappa shape index (κ1) is 16.2. The molecule has 2 radical (unpaired) electrons. The minimum Gasteiger partial charge on any atom is -0.456 e. The van der Waals surface area contributed by atoms with Crippen LogP contribution in [0.4, 0.5) is 0 Å². The second-order valence-electron chi connectivity index (χ2n) is 6.58. The van der Waals surface area contributed by atoms with Crippen LogP contribution in [0.1, 0.15) is 0 Å². The van der Waals surface area contributed by atoms with Crippen LogP contribution in [0.5, 0.6) is 0 Å². The van der Waals surface area contributed by atoms with Gasteiger partial charge in [0, 0.05) is 16.3 Å². The maximum absolute atomic E-state index is 6.53. The van der Waals surface area contributed by atoms with Gasteiger partial charge in [-0.25, -0.2) is 0 Å². The molecule has 0 fully saturated rings. The molecule has 0 saturated heterocycles. The fourth-order valence-corrected chi connectivity index (χ4v) is 3.84. The Morgan fingerprint density at radius 3 is 2.04 bits per heavy atom. The average Bonchev–Trinajstić information content (AvgIpc) is 3.12. The number of halogens is 1. The predicted molar refractivity (Wildman–Crippen MR) is 115 cm³/mol. The van der Waals surface area contributed by atoms with Crippen LogP contribution >= 0.6 is 11.6 Å². The van der Waals surface area contributed by atoms with Gasteiger partial charge >= 0.3 is 0 Å². The molecule has 5 rings (SSSR count). The number of furan rings is 1. The second-order valence-corrected chi connectivity index (χ2v) is 6.98. The molecule has 0 unspecified atom stereocenters. The molecule has 0 bridgehead atoms. The summed E-state index contributed by atoms with van der Waals surface area (Å²) >= 11 is 6.53. The molecule has 0 saturated carbocycles. The lowest BCUT2D eigenvalue weighted by atomic mass is 9.92. The van der Waals surface area contributed by atoms with E-state index in [1.54, 1.807) is 6.07 Å². The summed E-state index contributed by atoms with van der Waals surface area (Å²) in [5.41, 5.74) is 6.41. The highest BCUT2D eigenvalue weighted by atomic mass is 35.5. The van der Waals surface area contributed by atoms with E-state index in [-0.39, 0.29) is 0 Å². The van der Waals surface area contributed by atoms with Crippen molar-refractivity contribution in [3.05, 3.63) is 90.0 Å². The first-order valence-electron chi connectivity index (χ1n) is 8.77. The molecule has 0 N–H and O–H groups in total. The zero-order valence-electron chi connectivity index (χ0n) is 14.4. The first-order chi connectivity index (χ1) is 13.2. The van der Waals surface area contributed by atoms with E-state index in [1.165, 1.54) is 0 Å². The van der Waals surface area contributed by atoms with Crippen molar-refractivity contribution in [2.45, 2.75) is 0 Å². The van der Waals surface area contributed by atoms with Gasteiger partial charge in [-0.05, 0) is 34.9 Å². The van der Waals surface area contributed by atoms with Crippen molar-refractivity contribution in [2.24, 2.45) is 0 Å². The van der Waals surface area contributed by atoms with E-state index in [0.717, 1.165) is 38.6 Å². The molecule has 0 spiro atoms. The Bertz CT molecular complexity index is 1270. The van der Waals surface area contributed by atoms with Crippen LogP contribution in [-0.4, -0.2) is 7.85 Å². The molecule has 1 aromatic heterocycles. The molecular formula is C24H14BClO. The van der Waals surface area contributed by atoms with Crippen molar-refractivity contribution in [2.75, 3.05) is 0 Å². The molecule has 1 nitrogen and oxygen atoms in total. The number of fused-ring (bicyclic) bond motifs is 3. The fourth-order valence-electron chi connectivity index (χ4n) is 3.59. The maximum atomic E-state index is 6.53. The minimum atomic E-state index is 0.589. The Labute approximate surface area is 163 Å². The summed E-state index contributed by atoms with van der Waals surface area (Å²) in [5, 5.41) is 2.48. The standard InChI is InChI=1S/C24H14BClO/c25-20-11-12-21(26)22-19-14-17(15-7-3-1-4-8-15)13-18(23(19)27-24(20)22)16-9-5-2-6-10-16/h1-14H. The van der Waals surface area contributed by atoms with Gasteiger partial charge < -0.3 is 4.42 Å². The Morgan fingerprint density at radius 1 is 0.667 bits per heavy atom. The van der Waals surface area contributed by atoms with Gasteiger partial charge in [-0.2, -0.15) is 0 Å². The van der Waals surface area contributed by atoms with Crippen molar-refractivity contribution in [1.29, 1.82) is 0 Å². The van der Waals surface area contributed by atoms with E-state index in [2.05, 4.69) is 36.4 Å². The van der Waals surface area contributed by atoms with Gasteiger partial charge in [0.05, 0.1) is 5.02 Å². The summed E-state index contributed by atoms with van der Waals surface area (Å²) in [6.07, 6.45) is 0. The van der Waals surface area contributed by atoms with Crippen LogP contribution in [0.3, 0.4) is 0 Å². The second kappa shape index (κ2) is 6.33. The van der Waals surface area contributed by atoms with Crippen molar-refractivity contribution < 1.29 is 4.42 Å². The molecule has 126 valence electrons. The number of rotatable bonds is 2. The third-order valence-corrected chi connectivity index (χ3v) is 5.21. The Hall–Kier alpha value is -2.97. The van der Waals surface area contributed by atoms with E-state index in [9.17, 15) is 0 Å². The normalized spacial score (nSPS) is 11.3. The number of benzene rings is 4. The Balaban J connectivity index is 1.94. The van der Waals surface area contributed by atoms with E-state index in [4.69, 9.17) is 23.9 Å². The third-order valence-electron chi connectivity index (χ3n) is 4.89. The molecule has 5 aromatic rings. The molecule has 1 heterocycles. The molecule has 0 aliphatic carbocycles. The molecule has 0 amide bonds. The van der Waals surface area contributed by atoms with E-state index >= 15 is 0 Å². The third kappa shape index (κ3) is 2.65. The SMILES string of the molecule is [B]c1ccc(Cl)c2c1oc1c(-c3ccccc3)cc(-c3ccccc3)cc12. The molecule has 0 aliphatic rings. The van der Waals surface area contributed by atoms with Crippen LogP contribution < -0.4 is 5.46 Å². The number of hydrogen-bond donors (Lipinski definition) is 0. The summed E-state index contributed by atoms with van der Waals surface area (Å²) in [4.78, 5) is 0. The van der Waals surface area contributed by atoms with Gasteiger partial charge in [-0.1, -0.05) is 83.8 Å². The van der Waals surface area contributed by atoms with E-state index in [1.807, 2.05) is 42.5 Å². The van der Waals surface area contributed by atoms with Crippen LogP contribution in [-0.2, 0) is 0 Å². The summed E-state index contributed by atoms with van der Waals surface area (Å²) in [7, 11) is 6.17. The zero-order chi connectivity index (χ0) is 18.4. The van der Waals surface area contributed by atoms with Crippen molar-refractivity contribution in [1.82, 2.24) is 0 Å². The maximum Gasteiger partial charge on any atom is 0.143 e. The molecule has 3 heteroatoms. The largest absolute Gasteiger partial charge is 0.456 e. The van der Waals surface area contributed by atoms with Gasteiger partial charge in [0.15, 0.2) is 0 Å². The molecule has 27 heavy (non-hydrogen) atoms. The van der Waals surface area contributed by atoms with E-state index < -0.39 is 0 Å². The van der Waals surface area contributed by atoms with Crippen LogP contribution in [0, 0.1) is 0 Å². The molecule has 0 atom stereocenters. The molecule has 4 aromatic carbocycles. The van der Waals surface area contributed by atoms with Gasteiger partial charge in [-0.3, -0.25) is 0 Å². The van der Waals surface area contributed by atoms with Crippen LogP contribution in [0.25, 0.3) is 44.2 Å². The summed E-state index contributed by atoms with van der Waals surface area (Å²) < 4.78 is 6.23. The van der Waals surface area contributed by atoms with Crippen molar-refractivity contribution in [3.8, 4) is 22.3 Å². The lowest BCUT2D eigenvalue weighted by Crippen LogP contribution is -2.01. The van der Waals surface area contributed by atoms with Crippen molar-refractivity contribution in [3.63, 3.8) is 0 Å². The lowest BCUT2D eigenvalue weighted by Gasteiger charge is -2.08.